The van der Waals surface area contributed by atoms with Crippen molar-refractivity contribution in [2.45, 2.75) is 52.7 Å². The van der Waals surface area contributed by atoms with Gasteiger partial charge in [-0.15, -0.1) is 0 Å². The summed E-state index contributed by atoms with van der Waals surface area (Å²) in [6, 6.07) is 6.83. The maximum Gasteiger partial charge on any atom is 0.0632 e. The quantitative estimate of drug-likeness (QED) is 0.873. The zero-order valence-corrected chi connectivity index (χ0v) is 12.0. The molecule has 98 valence electrons. The molecule has 0 saturated carbocycles. The summed E-state index contributed by atoms with van der Waals surface area (Å²) < 4.78 is 2.30. The molecule has 0 aliphatic rings. The van der Waals surface area contributed by atoms with Crippen LogP contribution in [0.1, 0.15) is 44.9 Å². The molecule has 0 saturated heterocycles. The van der Waals surface area contributed by atoms with Crippen LogP contribution < -0.4 is 0 Å². The first-order chi connectivity index (χ1) is 8.29. The van der Waals surface area contributed by atoms with Gasteiger partial charge in [0.1, 0.15) is 0 Å². The number of aromatic nitrogens is 1. The van der Waals surface area contributed by atoms with Gasteiger partial charge in [0.05, 0.1) is 5.60 Å². The van der Waals surface area contributed by atoms with Gasteiger partial charge < -0.3 is 9.67 Å². The summed E-state index contributed by atoms with van der Waals surface area (Å²) >= 11 is 0. The van der Waals surface area contributed by atoms with Crippen LogP contribution in [0.4, 0.5) is 0 Å². The summed E-state index contributed by atoms with van der Waals surface area (Å²) in [7, 11) is 0. The number of aryl methyl sites for hydroxylation is 1. The van der Waals surface area contributed by atoms with Crippen molar-refractivity contribution >= 4 is 10.9 Å². The molecular formula is C16H23NO. The number of rotatable bonds is 3. The van der Waals surface area contributed by atoms with Gasteiger partial charge >= 0.3 is 0 Å². The zero-order chi connectivity index (χ0) is 13.5. The fourth-order valence-corrected chi connectivity index (χ4v) is 2.64. The SMILES string of the molecule is Cc1cn(C(C)C)c2cccc(CC(C)(C)O)c12. The molecule has 1 aromatic carbocycles. The molecule has 0 radical (unpaired) electrons. The van der Waals surface area contributed by atoms with Gasteiger partial charge in [0.2, 0.25) is 0 Å². The Bertz CT molecular complexity index is 558. The van der Waals surface area contributed by atoms with Crippen LogP contribution in [-0.2, 0) is 6.42 Å². The number of hydrogen-bond donors (Lipinski definition) is 1. The summed E-state index contributed by atoms with van der Waals surface area (Å²) in [5.74, 6) is 0. The van der Waals surface area contributed by atoms with Gasteiger partial charge in [0, 0.05) is 29.6 Å². The van der Waals surface area contributed by atoms with Crippen molar-refractivity contribution in [2.75, 3.05) is 0 Å². The number of nitrogens with zero attached hydrogens (tertiary/aromatic N) is 1. The maximum atomic E-state index is 10.0. The highest BCUT2D eigenvalue weighted by Crippen LogP contribution is 2.29. The number of hydrogen-bond acceptors (Lipinski definition) is 1. The first-order valence-corrected chi connectivity index (χ1v) is 6.61. The predicted octanol–water partition coefficient (Wildman–Crippen LogP) is 3.84. The normalized spacial score (nSPS) is 12.6. The Labute approximate surface area is 109 Å². The van der Waals surface area contributed by atoms with E-state index in [0.717, 1.165) is 0 Å². The van der Waals surface area contributed by atoms with Gasteiger partial charge in [0.15, 0.2) is 0 Å². The summed E-state index contributed by atoms with van der Waals surface area (Å²) in [5, 5.41) is 11.3. The van der Waals surface area contributed by atoms with Crippen LogP contribution in [0.3, 0.4) is 0 Å². The topological polar surface area (TPSA) is 25.2 Å². The van der Waals surface area contributed by atoms with Crippen LogP contribution in [0, 0.1) is 6.92 Å². The second kappa shape index (κ2) is 4.43. The third kappa shape index (κ3) is 2.44. The Morgan fingerprint density at radius 2 is 1.94 bits per heavy atom. The minimum absolute atomic E-state index is 0.457. The molecule has 2 nitrogen and oxygen atoms in total. The molecule has 0 spiro atoms. The van der Waals surface area contributed by atoms with Gasteiger partial charge in [-0.3, -0.25) is 0 Å². The molecule has 2 rings (SSSR count). The average Bonchev–Trinajstić information content (AvgIpc) is 2.55. The molecule has 1 heterocycles. The fourth-order valence-electron chi connectivity index (χ4n) is 2.64. The van der Waals surface area contributed by atoms with Crippen molar-refractivity contribution in [1.82, 2.24) is 4.57 Å². The zero-order valence-electron chi connectivity index (χ0n) is 12.0. The Morgan fingerprint density at radius 3 is 2.50 bits per heavy atom. The Hall–Kier alpha value is -1.28. The molecule has 1 aromatic heterocycles. The maximum absolute atomic E-state index is 10.0. The second-order valence-corrected chi connectivity index (χ2v) is 6.11. The van der Waals surface area contributed by atoms with Gasteiger partial charge in [-0.1, -0.05) is 12.1 Å². The summed E-state index contributed by atoms with van der Waals surface area (Å²) in [6.07, 6.45) is 2.90. The Morgan fingerprint density at radius 1 is 1.28 bits per heavy atom. The lowest BCUT2D eigenvalue weighted by molar-refractivity contribution is 0.0813. The minimum Gasteiger partial charge on any atom is -0.390 e. The lowest BCUT2D eigenvalue weighted by Gasteiger charge is -2.18. The third-order valence-corrected chi connectivity index (χ3v) is 3.31. The smallest absolute Gasteiger partial charge is 0.0632 e. The molecule has 0 atom stereocenters. The number of aliphatic hydroxyl groups is 1. The van der Waals surface area contributed by atoms with Crippen molar-refractivity contribution in [2.24, 2.45) is 0 Å². The molecule has 0 aliphatic heterocycles. The van der Waals surface area contributed by atoms with E-state index in [0.29, 0.717) is 12.5 Å². The minimum atomic E-state index is -0.666. The monoisotopic (exact) mass is 245 g/mol. The van der Waals surface area contributed by atoms with E-state index in [-0.39, 0.29) is 0 Å². The van der Waals surface area contributed by atoms with Gasteiger partial charge in [-0.2, -0.15) is 0 Å². The first kappa shape index (κ1) is 13.2. The number of benzene rings is 1. The van der Waals surface area contributed by atoms with Gasteiger partial charge in [0.25, 0.3) is 0 Å². The summed E-state index contributed by atoms with van der Waals surface area (Å²) in [5.41, 5.74) is 3.13. The highest BCUT2D eigenvalue weighted by molar-refractivity contribution is 5.87. The first-order valence-electron chi connectivity index (χ1n) is 6.61. The molecule has 0 amide bonds. The van der Waals surface area contributed by atoms with E-state index in [4.69, 9.17) is 0 Å². The van der Waals surface area contributed by atoms with Crippen molar-refractivity contribution in [3.05, 3.63) is 35.5 Å². The molecule has 0 fully saturated rings. The van der Waals surface area contributed by atoms with Crippen LogP contribution in [0.25, 0.3) is 10.9 Å². The Balaban J connectivity index is 2.63. The van der Waals surface area contributed by atoms with E-state index in [2.05, 4.69) is 49.7 Å². The van der Waals surface area contributed by atoms with E-state index < -0.39 is 5.60 Å². The molecule has 0 bridgehead atoms. The molecule has 2 aromatic rings. The Kier molecular flexibility index (Phi) is 3.24. The second-order valence-electron chi connectivity index (χ2n) is 6.11. The van der Waals surface area contributed by atoms with Gasteiger partial charge in [-0.05, 0) is 51.8 Å². The van der Waals surface area contributed by atoms with Crippen molar-refractivity contribution in [3.63, 3.8) is 0 Å². The summed E-state index contributed by atoms with van der Waals surface area (Å²) in [6.45, 7) is 10.3. The van der Waals surface area contributed by atoms with Crippen molar-refractivity contribution < 1.29 is 5.11 Å². The standard InChI is InChI=1S/C16H23NO/c1-11(2)17-10-12(3)15-13(9-16(4,5)18)7-6-8-14(15)17/h6-8,10-11,18H,9H2,1-5H3. The van der Waals surface area contributed by atoms with E-state index in [9.17, 15) is 5.11 Å². The highest BCUT2D eigenvalue weighted by atomic mass is 16.3. The van der Waals surface area contributed by atoms with E-state index in [1.807, 2.05) is 13.8 Å². The van der Waals surface area contributed by atoms with Crippen LogP contribution in [0.5, 0.6) is 0 Å². The van der Waals surface area contributed by atoms with E-state index >= 15 is 0 Å². The summed E-state index contributed by atoms with van der Waals surface area (Å²) in [4.78, 5) is 0. The van der Waals surface area contributed by atoms with Gasteiger partial charge in [-0.25, -0.2) is 0 Å². The van der Waals surface area contributed by atoms with Crippen molar-refractivity contribution in [1.29, 1.82) is 0 Å². The molecular weight excluding hydrogens is 222 g/mol. The van der Waals surface area contributed by atoms with Crippen LogP contribution in [-0.4, -0.2) is 15.3 Å². The largest absolute Gasteiger partial charge is 0.390 e. The lowest BCUT2D eigenvalue weighted by Crippen LogP contribution is -2.21. The van der Waals surface area contributed by atoms with Crippen LogP contribution in [0.2, 0.25) is 0 Å². The molecule has 0 aliphatic carbocycles. The fraction of sp³-hybridized carbons (Fsp3) is 0.500. The highest BCUT2D eigenvalue weighted by Gasteiger charge is 2.18. The van der Waals surface area contributed by atoms with E-state index in [1.54, 1.807) is 0 Å². The molecule has 18 heavy (non-hydrogen) atoms. The molecule has 0 unspecified atom stereocenters. The molecule has 2 heteroatoms. The predicted molar refractivity (Wildman–Crippen MR) is 77.1 cm³/mol. The van der Waals surface area contributed by atoms with Crippen LogP contribution >= 0.6 is 0 Å². The van der Waals surface area contributed by atoms with E-state index in [1.165, 1.54) is 22.0 Å². The average molecular weight is 245 g/mol. The number of fused-ring (bicyclic) bond motifs is 1. The lowest BCUT2D eigenvalue weighted by atomic mass is 9.95. The molecule has 1 N–H and O–H groups in total. The van der Waals surface area contributed by atoms with Crippen LogP contribution in [0.15, 0.2) is 24.4 Å². The van der Waals surface area contributed by atoms with Crippen molar-refractivity contribution in [3.8, 4) is 0 Å². The third-order valence-electron chi connectivity index (χ3n) is 3.31.